The second-order valence-electron chi connectivity index (χ2n) is 4.84. The Balaban J connectivity index is 1.85. The molecule has 0 aromatic heterocycles. The number of rotatable bonds is 3. The molecule has 1 heterocycles. The highest BCUT2D eigenvalue weighted by molar-refractivity contribution is 9.10. The Morgan fingerprint density at radius 2 is 1.30 bits per heavy atom. The predicted molar refractivity (Wildman–Crippen MR) is 85.2 cm³/mol. The highest BCUT2D eigenvalue weighted by Crippen LogP contribution is 2.35. The Kier molecular flexibility index (Phi) is 3.87. The molecule has 2 aromatic rings. The topological polar surface area (TPSA) is 84.5 Å². The van der Waals surface area contributed by atoms with Crippen LogP contribution in [0.4, 0.5) is 4.79 Å². The molecule has 0 unspecified atom stereocenters. The number of imide groups is 2. The zero-order valence-corrected chi connectivity index (χ0v) is 13.3. The first-order valence-corrected chi connectivity index (χ1v) is 7.48. The van der Waals surface area contributed by atoms with Crippen LogP contribution in [-0.2, 0) is 13.9 Å². The van der Waals surface area contributed by atoms with Crippen LogP contribution in [0.15, 0.2) is 54.6 Å². The number of halogens is 1. The summed E-state index contributed by atoms with van der Waals surface area (Å²) in [7, 11) is 0. The first kappa shape index (κ1) is 15.2. The van der Waals surface area contributed by atoms with Crippen molar-refractivity contribution in [2.24, 2.45) is 0 Å². The standard InChI is InChI=1S/C16H11BrN2O4/c17-16(13(20)18-15(22)19-14(16)21)10-6-8-12(9-7-10)23-11-4-2-1-3-5-11/h1-9H,(H2,18,19,20,21,22). The number of alkyl halides is 1. The van der Waals surface area contributed by atoms with Crippen LogP contribution < -0.4 is 15.4 Å². The average molecular weight is 375 g/mol. The third kappa shape index (κ3) is 2.83. The molecule has 4 amide bonds. The van der Waals surface area contributed by atoms with Crippen molar-refractivity contribution in [2.45, 2.75) is 4.32 Å². The summed E-state index contributed by atoms with van der Waals surface area (Å²) in [5.74, 6) is -0.234. The van der Waals surface area contributed by atoms with Crippen LogP contribution in [0.5, 0.6) is 11.5 Å². The Bertz CT molecular complexity index is 754. The molecular formula is C16H11BrN2O4. The maximum Gasteiger partial charge on any atom is 0.328 e. The van der Waals surface area contributed by atoms with Crippen molar-refractivity contribution in [3.05, 3.63) is 60.2 Å². The molecule has 2 N–H and O–H groups in total. The van der Waals surface area contributed by atoms with Gasteiger partial charge in [-0.05, 0) is 29.8 Å². The van der Waals surface area contributed by atoms with E-state index in [1.54, 1.807) is 24.3 Å². The Labute approximate surface area is 140 Å². The van der Waals surface area contributed by atoms with E-state index in [9.17, 15) is 14.4 Å². The zero-order valence-electron chi connectivity index (χ0n) is 11.7. The fourth-order valence-electron chi connectivity index (χ4n) is 2.15. The van der Waals surface area contributed by atoms with Crippen LogP contribution >= 0.6 is 15.9 Å². The molecule has 0 bridgehead atoms. The SMILES string of the molecule is O=C1NC(=O)C(Br)(c2ccc(Oc3ccccc3)cc2)C(=O)N1. The van der Waals surface area contributed by atoms with Crippen molar-refractivity contribution in [1.29, 1.82) is 0 Å². The number of amides is 4. The fourth-order valence-corrected chi connectivity index (χ4v) is 2.61. The number of carbonyl (C=O) groups excluding carboxylic acids is 3. The molecular weight excluding hydrogens is 364 g/mol. The molecule has 6 nitrogen and oxygen atoms in total. The second-order valence-corrected chi connectivity index (χ2v) is 6.02. The molecule has 1 aliphatic rings. The molecule has 0 saturated carbocycles. The molecule has 0 atom stereocenters. The minimum atomic E-state index is -1.65. The summed E-state index contributed by atoms with van der Waals surface area (Å²) in [5, 5.41) is 4.13. The molecule has 2 aromatic carbocycles. The van der Waals surface area contributed by atoms with Gasteiger partial charge in [0.25, 0.3) is 11.8 Å². The van der Waals surface area contributed by atoms with Crippen molar-refractivity contribution in [3.63, 3.8) is 0 Å². The quantitative estimate of drug-likeness (QED) is 0.638. The highest BCUT2D eigenvalue weighted by Gasteiger charge is 2.49. The molecule has 116 valence electrons. The van der Waals surface area contributed by atoms with Gasteiger partial charge in [-0.15, -0.1) is 0 Å². The summed E-state index contributed by atoms with van der Waals surface area (Å²) in [6.45, 7) is 0. The summed E-state index contributed by atoms with van der Waals surface area (Å²) in [5.41, 5.74) is 0.389. The fraction of sp³-hybridized carbons (Fsp3) is 0.0625. The summed E-state index contributed by atoms with van der Waals surface area (Å²) >= 11 is 3.14. The van der Waals surface area contributed by atoms with E-state index in [2.05, 4.69) is 26.6 Å². The minimum absolute atomic E-state index is 0.389. The van der Waals surface area contributed by atoms with Gasteiger partial charge < -0.3 is 4.74 Å². The molecule has 1 fully saturated rings. The maximum atomic E-state index is 12.0. The van der Waals surface area contributed by atoms with E-state index in [0.29, 0.717) is 17.1 Å². The summed E-state index contributed by atoms with van der Waals surface area (Å²) in [6.07, 6.45) is 0. The Morgan fingerprint density at radius 3 is 1.87 bits per heavy atom. The number of benzene rings is 2. The van der Waals surface area contributed by atoms with Gasteiger partial charge in [-0.25, -0.2) is 4.79 Å². The molecule has 0 aliphatic carbocycles. The average Bonchev–Trinajstić information content (AvgIpc) is 2.54. The first-order chi connectivity index (χ1) is 11.0. The molecule has 1 saturated heterocycles. The lowest BCUT2D eigenvalue weighted by Crippen LogP contribution is -2.62. The number of urea groups is 1. The van der Waals surface area contributed by atoms with Gasteiger partial charge in [0, 0.05) is 0 Å². The number of hydrogen-bond donors (Lipinski definition) is 2. The lowest BCUT2D eigenvalue weighted by atomic mass is 9.95. The van der Waals surface area contributed by atoms with E-state index in [1.807, 2.05) is 30.3 Å². The van der Waals surface area contributed by atoms with Gasteiger partial charge in [0.2, 0.25) is 4.32 Å². The van der Waals surface area contributed by atoms with Crippen LogP contribution in [0, 0.1) is 0 Å². The van der Waals surface area contributed by atoms with Crippen LogP contribution in [-0.4, -0.2) is 17.8 Å². The van der Waals surface area contributed by atoms with Crippen LogP contribution in [0.1, 0.15) is 5.56 Å². The summed E-state index contributed by atoms with van der Waals surface area (Å²) < 4.78 is 4.01. The number of nitrogens with one attached hydrogen (secondary N) is 2. The first-order valence-electron chi connectivity index (χ1n) is 6.69. The van der Waals surface area contributed by atoms with Gasteiger partial charge in [-0.3, -0.25) is 20.2 Å². The van der Waals surface area contributed by atoms with Gasteiger partial charge in [0.05, 0.1) is 0 Å². The lowest BCUT2D eigenvalue weighted by molar-refractivity contribution is -0.133. The van der Waals surface area contributed by atoms with Crippen LogP contribution in [0.25, 0.3) is 0 Å². The van der Waals surface area contributed by atoms with Gasteiger partial charge in [0.1, 0.15) is 11.5 Å². The number of para-hydroxylation sites is 1. The number of carbonyl (C=O) groups is 3. The lowest BCUT2D eigenvalue weighted by Gasteiger charge is -2.29. The molecule has 0 spiro atoms. The van der Waals surface area contributed by atoms with Crippen molar-refractivity contribution in [3.8, 4) is 11.5 Å². The van der Waals surface area contributed by atoms with Gasteiger partial charge >= 0.3 is 6.03 Å². The van der Waals surface area contributed by atoms with Crippen LogP contribution in [0.3, 0.4) is 0 Å². The Hall–Kier alpha value is -2.67. The summed E-state index contributed by atoms with van der Waals surface area (Å²) in [6, 6.07) is 14.8. The second kappa shape index (κ2) is 5.85. The largest absolute Gasteiger partial charge is 0.457 e. The number of barbiturate groups is 1. The van der Waals surface area contributed by atoms with Gasteiger partial charge in [0.15, 0.2) is 0 Å². The molecule has 1 aliphatic heterocycles. The van der Waals surface area contributed by atoms with Crippen molar-refractivity contribution in [2.75, 3.05) is 0 Å². The highest BCUT2D eigenvalue weighted by atomic mass is 79.9. The van der Waals surface area contributed by atoms with Crippen molar-refractivity contribution >= 4 is 33.8 Å². The van der Waals surface area contributed by atoms with Crippen molar-refractivity contribution in [1.82, 2.24) is 10.6 Å². The third-order valence-corrected chi connectivity index (χ3v) is 4.49. The van der Waals surface area contributed by atoms with Gasteiger partial charge in [-0.1, -0.05) is 46.3 Å². The van der Waals surface area contributed by atoms with Gasteiger partial charge in [-0.2, -0.15) is 0 Å². The molecule has 23 heavy (non-hydrogen) atoms. The monoisotopic (exact) mass is 374 g/mol. The molecule has 0 radical (unpaired) electrons. The molecule has 3 rings (SSSR count). The molecule has 7 heteroatoms. The third-order valence-electron chi connectivity index (χ3n) is 3.31. The van der Waals surface area contributed by atoms with Crippen LogP contribution in [0.2, 0.25) is 0 Å². The van der Waals surface area contributed by atoms with E-state index in [1.165, 1.54) is 0 Å². The number of ether oxygens (including phenoxy) is 1. The van der Waals surface area contributed by atoms with E-state index < -0.39 is 22.2 Å². The smallest absolute Gasteiger partial charge is 0.328 e. The summed E-state index contributed by atoms with van der Waals surface area (Å²) in [4.78, 5) is 35.2. The normalized spacial score (nSPS) is 16.5. The Morgan fingerprint density at radius 1 is 0.783 bits per heavy atom. The maximum absolute atomic E-state index is 12.0. The number of hydrogen-bond acceptors (Lipinski definition) is 4. The predicted octanol–water partition coefficient (Wildman–Crippen LogP) is 2.44. The minimum Gasteiger partial charge on any atom is -0.457 e. The van der Waals surface area contributed by atoms with Crippen molar-refractivity contribution < 1.29 is 19.1 Å². The van der Waals surface area contributed by atoms with E-state index in [0.717, 1.165) is 0 Å². The van der Waals surface area contributed by atoms with E-state index in [-0.39, 0.29) is 0 Å². The zero-order chi connectivity index (χ0) is 16.4. The van der Waals surface area contributed by atoms with E-state index in [4.69, 9.17) is 4.74 Å². The van der Waals surface area contributed by atoms with E-state index >= 15 is 0 Å².